The first-order chi connectivity index (χ1) is 9.87. The van der Waals surface area contributed by atoms with E-state index in [0.29, 0.717) is 24.0 Å². The van der Waals surface area contributed by atoms with Gasteiger partial charge in [-0.05, 0) is 18.5 Å². The van der Waals surface area contributed by atoms with E-state index in [1.54, 1.807) is 6.92 Å². The molecule has 0 spiro atoms. The third kappa shape index (κ3) is 18.3. The van der Waals surface area contributed by atoms with Crippen molar-refractivity contribution in [3.8, 4) is 0 Å². The van der Waals surface area contributed by atoms with E-state index in [4.69, 9.17) is 0 Å². The zero-order chi connectivity index (χ0) is 16.6. The molecule has 0 radical (unpaired) electrons. The summed E-state index contributed by atoms with van der Waals surface area (Å²) >= 11 is 0. The molecule has 0 N–H and O–H groups in total. The number of phosphoric ester groups is 1. The zero-order valence-electron chi connectivity index (χ0n) is 17.7. The molecule has 26 heavy (non-hydrogen) atoms. The molecule has 0 unspecified atom stereocenters. The number of imidazole rings is 1. The summed E-state index contributed by atoms with van der Waals surface area (Å²) in [6.45, 7) is 8.46. The number of aryl methyl sites for hydroxylation is 2. The molecule has 1 aromatic heterocycles. The fourth-order valence-electron chi connectivity index (χ4n) is 1.56. The molecule has 2 aromatic rings. The van der Waals surface area contributed by atoms with E-state index in [-0.39, 0.29) is 240 Å². The van der Waals surface area contributed by atoms with Gasteiger partial charge in [0.1, 0.15) is 0 Å². The van der Waals surface area contributed by atoms with Gasteiger partial charge in [-0.3, -0.25) is 4.39 Å². The minimum Gasteiger partial charge on any atom is -0.790 e. The number of phosphoric acid groups is 1. The largest absolute Gasteiger partial charge is 1.00 e. The molecule has 1 aromatic carbocycles. The normalized spacial score (nSPS) is 8.31. The number of benzene rings is 1. The third-order valence-corrected chi connectivity index (χ3v) is 2.66. The number of alkyl halides is 1. The van der Waals surface area contributed by atoms with Crippen LogP contribution in [0.2, 0.25) is 0 Å². The molecule has 0 bridgehead atoms. The maximum absolute atomic E-state index is 10.4. The van der Waals surface area contributed by atoms with Gasteiger partial charge in [-0.1, -0.05) is 38.5 Å². The molecule has 0 aliphatic carbocycles. The molecule has 0 fully saturated rings. The Balaban J connectivity index is -0.000000104. The second kappa shape index (κ2) is 25.4. The Morgan fingerprint density at radius 2 is 1.58 bits per heavy atom. The summed E-state index contributed by atoms with van der Waals surface area (Å²) in [6, 6.07) is 5.54. The first-order valence-corrected chi connectivity index (χ1v) is 7.70. The molecule has 0 saturated carbocycles. The van der Waals surface area contributed by atoms with Crippen LogP contribution in [0.5, 0.6) is 0 Å². The molecule has 0 aliphatic rings. The van der Waals surface area contributed by atoms with Crippen LogP contribution < -0.4 is 243 Å². The first kappa shape index (κ1) is 45.3. The standard InChI is InChI=1S/C10H12N2O4P.C2H6.CH3F.CH3.4Rb/c1-7-3-4-9-10(5-7)12(8(2)11-9)6-16-17(13,14)15;2*1-2;;;;;/h3-6H,1-2H3,(H2,13,14,15);1-2H3;1H3;1H3;;;;/q-1;;;-1;4*+1/p-2. The van der Waals surface area contributed by atoms with E-state index >= 15 is 0 Å². The van der Waals surface area contributed by atoms with Crippen LogP contribution in [0.1, 0.15) is 25.2 Å². The first-order valence-electron chi connectivity index (χ1n) is 6.23. The Morgan fingerprint density at radius 3 is 2.00 bits per heavy atom. The SMILES string of the molecule is CC.CF.Cc1ccc2nc(C)n([CH-]OP(=O)([O-])[O-])c2c1.[CH3-].[Rb+].[Rb+].[Rb+].[Rb+]. The van der Waals surface area contributed by atoms with Crippen LogP contribution in [0.25, 0.3) is 11.0 Å². The van der Waals surface area contributed by atoms with Crippen LogP contribution in [-0.2, 0) is 9.09 Å². The third-order valence-electron chi connectivity index (χ3n) is 2.30. The summed E-state index contributed by atoms with van der Waals surface area (Å²) in [5, 5.41) is 0. The van der Waals surface area contributed by atoms with Crippen LogP contribution >= 0.6 is 7.82 Å². The van der Waals surface area contributed by atoms with Crippen molar-refractivity contribution in [3.63, 3.8) is 0 Å². The predicted octanol–water partition coefficient (Wildman–Crippen LogP) is -9.46. The summed E-state index contributed by atoms with van der Waals surface area (Å²) < 4.78 is 25.5. The molecular weight excluding hydrogens is 652 g/mol. The van der Waals surface area contributed by atoms with Crippen molar-refractivity contribution in [3.05, 3.63) is 43.7 Å². The van der Waals surface area contributed by atoms with Gasteiger partial charge in [-0.25, -0.2) is 0 Å². The van der Waals surface area contributed by atoms with Crippen LogP contribution in [0, 0.1) is 28.0 Å². The van der Waals surface area contributed by atoms with Crippen molar-refractivity contribution < 1.29 is 256 Å². The Morgan fingerprint density at radius 1 is 1.12 bits per heavy atom. The van der Waals surface area contributed by atoms with Crippen molar-refractivity contribution >= 4 is 18.9 Å². The van der Waals surface area contributed by atoms with E-state index < -0.39 is 7.82 Å². The topological polar surface area (TPSA) is 90.2 Å². The van der Waals surface area contributed by atoms with Gasteiger partial charge in [0.2, 0.25) is 0 Å². The zero-order valence-corrected chi connectivity index (χ0v) is 38.2. The average molecular weight is 674 g/mol. The Kier molecular flexibility index (Phi) is 44.4. The minimum atomic E-state index is -5.02. The summed E-state index contributed by atoms with van der Waals surface area (Å²) in [6.07, 6.45) is 0. The monoisotopic (exact) mass is 672 g/mol. The molecule has 6 nitrogen and oxygen atoms in total. The van der Waals surface area contributed by atoms with Crippen LogP contribution in [0.3, 0.4) is 0 Å². The Bertz CT molecular complexity index is 626. The second-order valence-electron chi connectivity index (χ2n) is 3.68. The van der Waals surface area contributed by atoms with E-state index in [1.165, 1.54) is 4.57 Å². The van der Waals surface area contributed by atoms with Gasteiger partial charge in [-0.2, -0.15) is 0 Å². The molecule has 0 atom stereocenters. The van der Waals surface area contributed by atoms with E-state index in [0.717, 1.165) is 12.3 Å². The number of halogens is 1. The molecule has 128 valence electrons. The Hall–Kier alpha value is 5.82. The number of rotatable bonds is 3. The van der Waals surface area contributed by atoms with Crippen molar-refractivity contribution in [2.24, 2.45) is 0 Å². The van der Waals surface area contributed by atoms with Gasteiger partial charge in [0, 0.05) is 18.1 Å². The number of nitrogens with zero attached hydrogens (tertiary/aromatic N) is 2. The van der Waals surface area contributed by atoms with Crippen molar-refractivity contribution in [2.75, 3.05) is 7.18 Å². The molecule has 2 rings (SSSR count). The molecule has 12 heteroatoms. The fourth-order valence-corrected chi connectivity index (χ4v) is 1.77. The summed E-state index contributed by atoms with van der Waals surface area (Å²) in [4.78, 5) is 25.1. The van der Waals surface area contributed by atoms with Gasteiger partial charge >= 0.3 is 233 Å². The molecule has 0 saturated heterocycles. The summed E-state index contributed by atoms with van der Waals surface area (Å²) in [5.74, 6) is 0.541. The summed E-state index contributed by atoms with van der Waals surface area (Å²) in [7, 11) is -4.52. The van der Waals surface area contributed by atoms with Crippen LogP contribution in [0.15, 0.2) is 18.2 Å². The smallest absolute Gasteiger partial charge is 0.790 e. The average Bonchev–Trinajstić information content (AvgIpc) is 2.75. The van der Waals surface area contributed by atoms with E-state index in [1.807, 2.05) is 39.0 Å². The van der Waals surface area contributed by atoms with Crippen LogP contribution in [-0.4, -0.2) is 16.7 Å². The number of aromatic nitrogens is 2. The van der Waals surface area contributed by atoms with Gasteiger partial charge < -0.3 is 35.9 Å². The molecule has 0 amide bonds. The van der Waals surface area contributed by atoms with Gasteiger partial charge in [0.05, 0.1) is 15.0 Å². The van der Waals surface area contributed by atoms with Crippen LogP contribution in [0.4, 0.5) is 4.39 Å². The second-order valence-corrected chi connectivity index (χ2v) is 4.78. The van der Waals surface area contributed by atoms with Crippen molar-refractivity contribution in [1.29, 1.82) is 0 Å². The predicted molar refractivity (Wildman–Crippen MR) is 82.4 cm³/mol. The van der Waals surface area contributed by atoms with Gasteiger partial charge in [-0.15, -0.1) is 0 Å². The maximum atomic E-state index is 10.4. The minimum absolute atomic E-state index is 0. The van der Waals surface area contributed by atoms with Gasteiger partial charge in [0.25, 0.3) is 0 Å². The number of hydrogen-bond donors (Lipinski definition) is 0. The molecule has 1 heterocycles. The molecule has 0 aliphatic heterocycles. The van der Waals surface area contributed by atoms with Crippen molar-refractivity contribution in [1.82, 2.24) is 9.55 Å². The quantitative estimate of drug-likeness (QED) is 0.239. The van der Waals surface area contributed by atoms with E-state index in [2.05, 4.69) is 9.51 Å². The fraction of sp³-hybridized carbons (Fsp3) is 0.357. The molecular formula is C14H22FN2O4PRb4. The van der Waals surface area contributed by atoms with Crippen molar-refractivity contribution in [2.45, 2.75) is 27.7 Å². The number of fused-ring (bicyclic) bond motifs is 1. The maximum Gasteiger partial charge on any atom is 1.00 e. The summed E-state index contributed by atoms with van der Waals surface area (Å²) in [5.41, 5.74) is 2.40. The number of hydrogen-bond acceptors (Lipinski definition) is 5. The Labute approximate surface area is 352 Å². The van der Waals surface area contributed by atoms with Gasteiger partial charge in [0.15, 0.2) is 0 Å². The van der Waals surface area contributed by atoms with E-state index in [9.17, 15) is 18.7 Å².